The maximum atomic E-state index is 9.94. The highest BCUT2D eigenvalue weighted by Crippen LogP contribution is 2.33. The Morgan fingerprint density at radius 2 is 1.93 bits per heavy atom. The van der Waals surface area contributed by atoms with Crippen LogP contribution >= 0.6 is 11.6 Å². The van der Waals surface area contributed by atoms with Crippen LogP contribution < -0.4 is 0 Å². The highest BCUT2D eigenvalue weighted by Gasteiger charge is 2.21. The van der Waals surface area contributed by atoms with Gasteiger partial charge in [0.25, 0.3) is 0 Å². The van der Waals surface area contributed by atoms with E-state index in [0.29, 0.717) is 5.02 Å². The Hall–Kier alpha value is -0.990. The van der Waals surface area contributed by atoms with Crippen molar-refractivity contribution in [2.45, 2.75) is 19.4 Å². The van der Waals surface area contributed by atoms with E-state index in [1.807, 2.05) is 36.0 Å². The molecule has 1 heterocycles. The van der Waals surface area contributed by atoms with Crippen LogP contribution in [-0.2, 0) is 12.6 Å². The number of fused-ring (bicyclic) bond motifs is 1. The average molecular weight is 224 g/mol. The molecule has 1 aromatic heterocycles. The summed E-state index contributed by atoms with van der Waals surface area (Å²) in [5, 5.41) is 11.6. The molecule has 3 heteroatoms. The summed E-state index contributed by atoms with van der Waals surface area (Å²) in [4.78, 5) is 0. The Morgan fingerprint density at radius 3 is 2.53 bits per heavy atom. The molecule has 2 nitrogen and oxygen atoms in total. The van der Waals surface area contributed by atoms with E-state index in [4.69, 9.17) is 11.6 Å². The van der Waals surface area contributed by atoms with Crippen LogP contribution in [0.5, 0.6) is 0 Å². The second-order valence-corrected chi connectivity index (χ2v) is 4.72. The molecule has 0 bridgehead atoms. The van der Waals surface area contributed by atoms with Crippen molar-refractivity contribution in [1.82, 2.24) is 4.57 Å². The monoisotopic (exact) mass is 223 g/mol. The lowest BCUT2D eigenvalue weighted by Crippen LogP contribution is -2.16. The van der Waals surface area contributed by atoms with Crippen LogP contribution in [0, 0.1) is 0 Å². The van der Waals surface area contributed by atoms with Gasteiger partial charge >= 0.3 is 0 Å². The van der Waals surface area contributed by atoms with Gasteiger partial charge in [-0.1, -0.05) is 17.7 Å². The van der Waals surface area contributed by atoms with E-state index >= 15 is 0 Å². The summed E-state index contributed by atoms with van der Waals surface area (Å²) in [6.45, 7) is 3.48. The molecule has 0 amide bonds. The maximum Gasteiger partial charge on any atom is 0.0855 e. The van der Waals surface area contributed by atoms with Gasteiger partial charge in [-0.3, -0.25) is 0 Å². The lowest BCUT2D eigenvalue weighted by molar-refractivity contribution is 0.0788. The Kier molecular flexibility index (Phi) is 2.28. The fourth-order valence-corrected chi connectivity index (χ4v) is 2.24. The van der Waals surface area contributed by atoms with Crippen molar-refractivity contribution in [1.29, 1.82) is 0 Å². The number of hydrogen-bond acceptors (Lipinski definition) is 1. The van der Waals surface area contributed by atoms with Crippen LogP contribution in [0.15, 0.2) is 24.4 Å². The predicted molar refractivity (Wildman–Crippen MR) is 63.2 cm³/mol. The van der Waals surface area contributed by atoms with Gasteiger partial charge in [-0.25, -0.2) is 0 Å². The first kappa shape index (κ1) is 10.5. The molecule has 15 heavy (non-hydrogen) atoms. The van der Waals surface area contributed by atoms with Gasteiger partial charge in [0.2, 0.25) is 0 Å². The lowest BCUT2D eigenvalue weighted by atomic mass is 9.97. The fraction of sp³-hybridized carbons (Fsp3) is 0.333. The number of aromatic nitrogens is 1. The number of aryl methyl sites for hydroxylation is 1. The van der Waals surface area contributed by atoms with Crippen LogP contribution in [0.4, 0.5) is 0 Å². The Labute approximate surface area is 94.1 Å². The molecular formula is C12H14ClNO. The number of aliphatic hydroxyl groups is 1. The highest BCUT2D eigenvalue weighted by molar-refractivity contribution is 6.36. The third kappa shape index (κ3) is 1.64. The summed E-state index contributed by atoms with van der Waals surface area (Å²) in [6.07, 6.45) is 1.96. The average Bonchev–Trinajstić information content (AvgIpc) is 2.47. The van der Waals surface area contributed by atoms with Gasteiger partial charge in [-0.05, 0) is 26.0 Å². The van der Waals surface area contributed by atoms with Crippen LogP contribution in [0.3, 0.4) is 0 Å². The van der Waals surface area contributed by atoms with Crippen molar-refractivity contribution < 1.29 is 5.11 Å². The molecule has 0 aliphatic carbocycles. The van der Waals surface area contributed by atoms with Gasteiger partial charge in [-0.15, -0.1) is 0 Å². The molecular weight excluding hydrogens is 210 g/mol. The molecule has 1 N–H and O–H groups in total. The van der Waals surface area contributed by atoms with Crippen molar-refractivity contribution >= 4 is 22.5 Å². The fourth-order valence-electron chi connectivity index (χ4n) is 1.79. The first-order chi connectivity index (χ1) is 6.91. The molecule has 2 rings (SSSR count). The molecule has 0 spiro atoms. The smallest absolute Gasteiger partial charge is 0.0855 e. The molecule has 80 valence electrons. The molecule has 0 aliphatic rings. The summed E-state index contributed by atoms with van der Waals surface area (Å²) >= 11 is 6.27. The quantitative estimate of drug-likeness (QED) is 0.790. The standard InChI is InChI=1S/C12H14ClNO/c1-12(2,15)9-4-5-10-8(11(9)13)6-7-14(10)3/h4-7,15H,1-3H3. The third-order valence-corrected chi connectivity index (χ3v) is 3.07. The Morgan fingerprint density at radius 1 is 1.27 bits per heavy atom. The van der Waals surface area contributed by atoms with Crippen molar-refractivity contribution in [2.75, 3.05) is 0 Å². The largest absolute Gasteiger partial charge is 0.386 e. The summed E-state index contributed by atoms with van der Waals surface area (Å²) in [5.74, 6) is 0. The van der Waals surface area contributed by atoms with Crippen LogP contribution in [0.2, 0.25) is 5.02 Å². The van der Waals surface area contributed by atoms with Crippen molar-refractivity contribution in [3.63, 3.8) is 0 Å². The first-order valence-electron chi connectivity index (χ1n) is 4.87. The predicted octanol–water partition coefficient (Wildman–Crippen LogP) is 3.06. The molecule has 0 radical (unpaired) electrons. The second-order valence-electron chi connectivity index (χ2n) is 4.35. The second kappa shape index (κ2) is 3.26. The molecule has 0 unspecified atom stereocenters. The van der Waals surface area contributed by atoms with E-state index in [0.717, 1.165) is 16.5 Å². The van der Waals surface area contributed by atoms with Crippen molar-refractivity contribution in [3.05, 3.63) is 35.0 Å². The number of nitrogens with zero attached hydrogens (tertiary/aromatic N) is 1. The minimum atomic E-state index is -0.902. The molecule has 0 atom stereocenters. The summed E-state index contributed by atoms with van der Waals surface area (Å²) in [7, 11) is 1.97. The van der Waals surface area contributed by atoms with E-state index in [1.165, 1.54) is 0 Å². The van der Waals surface area contributed by atoms with E-state index in [9.17, 15) is 5.11 Å². The number of halogens is 1. The molecule has 0 fully saturated rings. The molecule has 0 aliphatic heterocycles. The summed E-state index contributed by atoms with van der Waals surface area (Å²) in [5.41, 5.74) is 0.942. The summed E-state index contributed by atoms with van der Waals surface area (Å²) < 4.78 is 2.01. The number of rotatable bonds is 1. The van der Waals surface area contributed by atoms with Gasteiger partial charge in [0.15, 0.2) is 0 Å². The Balaban J connectivity index is 2.77. The van der Waals surface area contributed by atoms with Crippen LogP contribution in [0.1, 0.15) is 19.4 Å². The van der Waals surface area contributed by atoms with Gasteiger partial charge in [-0.2, -0.15) is 0 Å². The summed E-state index contributed by atoms with van der Waals surface area (Å²) in [6, 6.07) is 5.83. The third-order valence-electron chi connectivity index (χ3n) is 2.66. The minimum Gasteiger partial charge on any atom is -0.386 e. The minimum absolute atomic E-state index is 0.639. The van der Waals surface area contributed by atoms with E-state index in [1.54, 1.807) is 13.8 Å². The van der Waals surface area contributed by atoms with E-state index < -0.39 is 5.60 Å². The van der Waals surface area contributed by atoms with Crippen LogP contribution in [0.25, 0.3) is 10.9 Å². The van der Waals surface area contributed by atoms with Gasteiger partial charge in [0.1, 0.15) is 0 Å². The van der Waals surface area contributed by atoms with Gasteiger partial charge < -0.3 is 9.67 Å². The van der Waals surface area contributed by atoms with E-state index in [2.05, 4.69) is 0 Å². The number of hydrogen-bond donors (Lipinski definition) is 1. The SMILES string of the molecule is Cn1ccc2c(Cl)c(C(C)(C)O)ccc21. The zero-order valence-corrected chi connectivity index (χ0v) is 9.84. The maximum absolute atomic E-state index is 9.94. The zero-order chi connectivity index (χ0) is 11.2. The van der Waals surface area contributed by atoms with Crippen molar-refractivity contribution in [3.8, 4) is 0 Å². The molecule has 0 saturated heterocycles. The Bertz CT molecular complexity index is 508. The normalized spacial score (nSPS) is 12.3. The number of benzene rings is 1. The van der Waals surface area contributed by atoms with Gasteiger partial charge in [0.05, 0.1) is 10.6 Å². The van der Waals surface area contributed by atoms with Crippen LogP contribution in [-0.4, -0.2) is 9.67 Å². The molecule has 2 aromatic rings. The first-order valence-corrected chi connectivity index (χ1v) is 5.25. The van der Waals surface area contributed by atoms with E-state index in [-0.39, 0.29) is 0 Å². The zero-order valence-electron chi connectivity index (χ0n) is 9.08. The highest BCUT2D eigenvalue weighted by atomic mass is 35.5. The van der Waals surface area contributed by atoms with Gasteiger partial charge in [0, 0.05) is 29.7 Å². The van der Waals surface area contributed by atoms with Crippen molar-refractivity contribution in [2.24, 2.45) is 7.05 Å². The molecule has 1 aromatic carbocycles. The lowest BCUT2D eigenvalue weighted by Gasteiger charge is -2.19. The topological polar surface area (TPSA) is 25.2 Å². The molecule has 0 saturated carbocycles.